The number of nitrogens with zero attached hydrogens (tertiary/aromatic N) is 2. The van der Waals surface area contributed by atoms with Gasteiger partial charge in [0.25, 0.3) is 0 Å². The summed E-state index contributed by atoms with van der Waals surface area (Å²) >= 11 is 3.30. The summed E-state index contributed by atoms with van der Waals surface area (Å²) in [6.45, 7) is 2.63. The van der Waals surface area contributed by atoms with Gasteiger partial charge >= 0.3 is 5.97 Å². The second-order valence-electron chi connectivity index (χ2n) is 3.59. The van der Waals surface area contributed by atoms with Crippen molar-refractivity contribution in [2.75, 3.05) is 18.0 Å². The fraction of sp³-hybridized carbons (Fsp3) is 0.333. The molecule has 0 unspecified atom stereocenters. The van der Waals surface area contributed by atoms with Crippen molar-refractivity contribution in [3.05, 3.63) is 28.2 Å². The molecule has 0 radical (unpaired) electrons. The van der Waals surface area contributed by atoms with Crippen LogP contribution in [0.5, 0.6) is 0 Å². The van der Waals surface area contributed by atoms with E-state index in [2.05, 4.69) is 22.0 Å². The predicted octanol–water partition coefficient (Wildman–Crippen LogP) is 2.62. The molecule has 1 aromatic rings. The number of halogens is 1. The van der Waals surface area contributed by atoms with E-state index in [-0.39, 0.29) is 6.54 Å². The molecule has 0 fully saturated rings. The highest BCUT2D eigenvalue weighted by atomic mass is 79.9. The molecule has 1 N–H and O–H groups in total. The first-order valence-electron chi connectivity index (χ1n) is 5.25. The Hall–Kier alpha value is -1.54. The van der Waals surface area contributed by atoms with Crippen molar-refractivity contribution in [3.8, 4) is 6.07 Å². The summed E-state index contributed by atoms with van der Waals surface area (Å²) in [7, 11) is 0. The van der Waals surface area contributed by atoms with Crippen LogP contribution in [0.25, 0.3) is 0 Å². The summed E-state index contributed by atoms with van der Waals surface area (Å²) in [6, 6.07) is 7.28. The van der Waals surface area contributed by atoms with Gasteiger partial charge in [0.2, 0.25) is 0 Å². The lowest BCUT2D eigenvalue weighted by Crippen LogP contribution is -2.30. The number of nitriles is 1. The maximum Gasteiger partial charge on any atom is 0.323 e. The van der Waals surface area contributed by atoms with Crippen LogP contribution in [0, 0.1) is 11.3 Å². The molecule has 0 aliphatic rings. The molecular weight excluding hydrogens is 284 g/mol. The zero-order valence-electron chi connectivity index (χ0n) is 9.48. The molecule has 4 nitrogen and oxygen atoms in total. The van der Waals surface area contributed by atoms with Crippen LogP contribution >= 0.6 is 15.9 Å². The molecule has 0 aromatic heterocycles. The minimum atomic E-state index is -0.862. The molecule has 1 rings (SSSR count). The van der Waals surface area contributed by atoms with E-state index in [0.717, 1.165) is 12.1 Å². The Kier molecular flexibility index (Phi) is 4.98. The second-order valence-corrected chi connectivity index (χ2v) is 4.45. The zero-order chi connectivity index (χ0) is 12.8. The van der Waals surface area contributed by atoms with Crippen molar-refractivity contribution in [3.63, 3.8) is 0 Å². The minimum absolute atomic E-state index is 0.0355. The number of anilines is 1. The molecule has 0 saturated carbocycles. The average molecular weight is 297 g/mol. The molecule has 0 spiro atoms. The van der Waals surface area contributed by atoms with Gasteiger partial charge in [0.05, 0.1) is 5.56 Å². The molecule has 90 valence electrons. The number of aliphatic carboxylic acids is 1. The highest BCUT2D eigenvalue weighted by Crippen LogP contribution is 2.23. The molecule has 17 heavy (non-hydrogen) atoms. The molecule has 0 aliphatic carbocycles. The zero-order valence-corrected chi connectivity index (χ0v) is 11.1. The molecule has 5 heteroatoms. The summed E-state index contributed by atoms with van der Waals surface area (Å²) in [5.41, 5.74) is 1.35. The maximum atomic E-state index is 10.8. The number of carbonyl (C=O) groups is 1. The quantitative estimate of drug-likeness (QED) is 0.907. The summed E-state index contributed by atoms with van der Waals surface area (Å²) in [6.07, 6.45) is 0.866. The van der Waals surface area contributed by atoms with Gasteiger partial charge < -0.3 is 10.0 Å². The number of carboxylic acid groups (broad SMARTS) is 1. The number of carboxylic acids is 1. The molecule has 0 amide bonds. The topological polar surface area (TPSA) is 64.3 Å². The molecule has 0 atom stereocenters. The smallest absolute Gasteiger partial charge is 0.323 e. The van der Waals surface area contributed by atoms with E-state index >= 15 is 0 Å². The fourth-order valence-corrected chi connectivity index (χ4v) is 1.98. The van der Waals surface area contributed by atoms with Gasteiger partial charge in [0.15, 0.2) is 0 Å². The van der Waals surface area contributed by atoms with Crippen LogP contribution in [0.2, 0.25) is 0 Å². The Morgan fingerprint density at radius 1 is 1.59 bits per heavy atom. The SMILES string of the molecule is CCCN(CC(=O)O)c1ccc(C#N)c(Br)c1. The summed E-state index contributed by atoms with van der Waals surface area (Å²) in [4.78, 5) is 12.5. The monoisotopic (exact) mass is 296 g/mol. The lowest BCUT2D eigenvalue weighted by molar-refractivity contribution is -0.135. The van der Waals surface area contributed by atoms with Crippen molar-refractivity contribution in [2.24, 2.45) is 0 Å². The Bertz CT molecular complexity index is 454. The van der Waals surface area contributed by atoms with Crippen LogP contribution in [0.15, 0.2) is 22.7 Å². The largest absolute Gasteiger partial charge is 0.480 e. The Balaban J connectivity index is 2.98. The van der Waals surface area contributed by atoms with E-state index in [1.807, 2.05) is 6.92 Å². The summed E-state index contributed by atoms with van der Waals surface area (Å²) in [5.74, 6) is -0.862. The van der Waals surface area contributed by atoms with Crippen molar-refractivity contribution < 1.29 is 9.90 Å². The van der Waals surface area contributed by atoms with E-state index in [1.54, 1.807) is 23.1 Å². The van der Waals surface area contributed by atoms with Crippen molar-refractivity contribution in [2.45, 2.75) is 13.3 Å². The molecular formula is C12H13BrN2O2. The highest BCUT2D eigenvalue weighted by Gasteiger charge is 2.11. The van der Waals surface area contributed by atoms with Gasteiger partial charge in [0, 0.05) is 16.7 Å². The average Bonchev–Trinajstić information content (AvgIpc) is 2.28. The molecule has 0 bridgehead atoms. The number of hydrogen-bond acceptors (Lipinski definition) is 3. The normalized spacial score (nSPS) is 9.71. The van der Waals surface area contributed by atoms with Crippen LogP contribution in [-0.2, 0) is 4.79 Å². The van der Waals surface area contributed by atoms with Crippen LogP contribution in [0.1, 0.15) is 18.9 Å². The van der Waals surface area contributed by atoms with Gasteiger partial charge in [-0.05, 0) is 40.5 Å². The second kappa shape index (κ2) is 6.26. The number of hydrogen-bond donors (Lipinski definition) is 1. The number of benzene rings is 1. The van der Waals surface area contributed by atoms with E-state index in [1.165, 1.54) is 0 Å². The van der Waals surface area contributed by atoms with Gasteiger partial charge in [-0.2, -0.15) is 5.26 Å². The molecule has 0 saturated heterocycles. The maximum absolute atomic E-state index is 10.8. The first-order chi connectivity index (χ1) is 8.08. The van der Waals surface area contributed by atoms with Gasteiger partial charge in [-0.25, -0.2) is 0 Å². The Labute approximate surface area is 109 Å². The lowest BCUT2D eigenvalue weighted by atomic mass is 10.2. The van der Waals surface area contributed by atoms with Crippen LogP contribution in [0.4, 0.5) is 5.69 Å². The highest BCUT2D eigenvalue weighted by molar-refractivity contribution is 9.10. The van der Waals surface area contributed by atoms with E-state index < -0.39 is 5.97 Å². The van der Waals surface area contributed by atoms with Crippen molar-refractivity contribution in [1.82, 2.24) is 0 Å². The fourth-order valence-electron chi connectivity index (χ4n) is 1.52. The van der Waals surface area contributed by atoms with Gasteiger partial charge in [-0.1, -0.05) is 6.92 Å². The van der Waals surface area contributed by atoms with Gasteiger partial charge in [0.1, 0.15) is 12.6 Å². The van der Waals surface area contributed by atoms with Gasteiger partial charge in [-0.3, -0.25) is 4.79 Å². The van der Waals surface area contributed by atoms with Crippen LogP contribution in [0.3, 0.4) is 0 Å². The van der Waals surface area contributed by atoms with E-state index in [9.17, 15) is 4.79 Å². The summed E-state index contributed by atoms with van der Waals surface area (Å²) in [5, 5.41) is 17.6. The Morgan fingerprint density at radius 2 is 2.29 bits per heavy atom. The molecule has 1 aromatic carbocycles. The van der Waals surface area contributed by atoms with E-state index in [0.29, 0.717) is 16.6 Å². The third-order valence-electron chi connectivity index (χ3n) is 2.26. The van der Waals surface area contributed by atoms with Gasteiger partial charge in [-0.15, -0.1) is 0 Å². The first-order valence-corrected chi connectivity index (χ1v) is 6.04. The lowest BCUT2D eigenvalue weighted by Gasteiger charge is -2.22. The Morgan fingerprint density at radius 3 is 2.76 bits per heavy atom. The third kappa shape index (κ3) is 3.75. The third-order valence-corrected chi connectivity index (χ3v) is 2.91. The molecule has 0 heterocycles. The predicted molar refractivity (Wildman–Crippen MR) is 69.0 cm³/mol. The van der Waals surface area contributed by atoms with E-state index in [4.69, 9.17) is 10.4 Å². The standard InChI is InChI=1S/C12H13BrN2O2/c1-2-5-15(8-12(16)17)10-4-3-9(7-14)11(13)6-10/h3-4,6H,2,5,8H2,1H3,(H,16,17). The van der Waals surface area contributed by atoms with Crippen LogP contribution < -0.4 is 4.90 Å². The van der Waals surface area contributed by atoms with Crippen LogP contribution in [-0.4, -0.2) is 24.2 Å². The first kappa shape index (κ1) is 13.5. The van der Waals surface area contributed by atoms with Crippen molar-refractivity contribution >= 4 is 27.6 Å². The number of rotatable bonds is 5. The molecule has 0 aliphatic heterocycles. The van der Waals surface area contributed by atoms with Crippen molar-refractivity contribution in [1.29, 1.82) is 5.26 Å². The summed E-state index contributed by atoms with van der Waals surface area (Å²) < 4.78 is 0.684. The minimum Gasteiger partial charge on any atom is -0.480 e.